The zero-order valence-corrected chi connectivity index (χ0v) is 17.8. The van der Waals surface area contributed by atoms with Crippen molar-refractivity contribution >= 4 is 11.8 Å². The second-order valence-corrected chi connectivity index (χ2v) is 9.00. The van der Waals surface area contributed by atoms with Crippen molar-refractivity contribution in [1.29, 1.82) is 0 Å². The van der Waals surface area contributed by atoms with Crippen molar-refractivity contribution in [2.45, 2.75) is 86.7 Å². The smallest absolute Gasteiger partial charge is 0.311 e. The third kappa shape index (κ3) is 6.51. The average molecular weight is 369 g/mol. The highest BCUT2D eigenvalue weighted by Gasteiger charge is 2.43. The summed E-state index contributed by atoms with van der Waals surface area (Å²) in [7, 11) is 0. The number of ketones is 1. The number of hydrogen-bond acceptors (Lipinski definition) is 5. The first-order valence-corrected chi connectivity index (χ1v) is 9.45. The van der Waals surface area contributed by atoms with Gasteiger partial charge in [-0.05, 0) is 60.5 Å². The Morgan fingerprint density at radius 2 is 1.77 bits per heavy atom. The summed E-state index contributed by atoms with van der Waals surface area (Å²) in [5.41, 5.74) is 0.229. The number of carbonyl (C=O) groups excluding carboxylic acids is 2. The van der Waals surface area contributed by atoms with Gasteiger partial charge in [-0.1, -0.05) is 19.9 Å². The first kappa shape index (κ1) is 22.8. The molecule has 150 valence electrons. The molecular weight excluding hydrogens is 332 g/mol. The SMILES string of the molecule is CC(=O)/C(C)=C\C[C@H]1OC(C)(C)O[C@H]([C@H](C)COC(=O)C(C)(C)C)[C@H]1C. The van der Waals surface area contributed by atoms with Crippen molar-refractivity contribution in [2.75, 3.05) is 6.61 Å². The van der Waals surface area contributed by atoms with Crippen molar-refractivity contribution in [3.05, 3.63) is 11.6 Å². The second kappa shape index (κ2) is 8.66. The number of rotatable bonds is 6. The predicted octanol–water partition coefficient (Wildman–Crippen LogP) is 4.29. The second-order valence-electron chi connectivity index (χ2n) is 9.00. The molecule has 1 aliphatic rings. The lowest BCUT2D eigenvalue weighted by Gasteiger charge is -2.46. The summed E-state index contributed by atoms with van der Waals surface area (Å²) in [6, 6.07) is 0. The van der Waals surface area contributed by atoms with E-state index in [9.17, 15) is 9.59 Å². The Bertz CT molecular complexity index is 541. The van der Waals surface area contributed by atoms with Gasteiger partial charge in [-0.15, -0.1) is 0 Å². The fraction of sp³-hybridized carbons (Fsp3) is 0.810. The summed E-state index contributed by atoms with van der Waals surface area (Å²) in [6.45, 7) is 17.2. The van der Waals surface area contributed by atoms with Gasteiger partial charge in [0.25, 0.3) is 0 Å². The minimum atomic E-state index is -0.720. The Kier molecular flexibility index (Phi) is 7.61. The third-order valence-corrected chi connectivity index (χ3v) is 4.82. The minimum Gasteiger partial charge on any atom is -0.465 e. The maximum Gasteiger partial charge on any atom is 0.311 e. The van der Waals surface area contributed by atoms with E-state index in [1.54, 1.807) is 6.92 Å². The number of esters is 1. The molecule has 0 radical (unpaired) electrons. The maximum atomic E-state index is 12.0. The highest BCUT2D eigenvalue weighted by Crippen LogP contribution is 2.36. The Labute approximate surface area is 158 Å². The minimum absolute atomic E-state index is 0.0415. The van der Waals surface area contributed by atoms with Crippen LogP contribution in [0.3, 0.4) is 0 Å². The lowest BCUT2D eigenvalue weighted by Crippen LogP contribution is -2.52. The van der Waals surface area contributed by atoms with Crippen molar-refractivity contribution in [3.63, 3.8) is 0 Å². The van der Waals surface area contributed by atoms with Crippen LogP contribution in [0.1, 0.15) is 68.7 Å². The monoisotopic (exact) mass is 368 g/mol. The summed E-state index contributed by atoms with van der Waals surface area (Å²) < 4.78 is 17.7. The van der Waals surface area contributed by atoms with Gasteiger partial charge in [-0.2, -0.15) is 0 Å². The van der Waals surface area contributed by atoms with E-state index >= 15 is 0 Å². The number of ether oxygens (including phenoxy) is 3. The van der Waals surface area contributed by atoms with E-state index < -0.39 is 11.2 Å². The van der Waals surface area contributed by atoms with E-state index in [0.29, 0.717) is 13.0 Å². The van der Waals surface area contributed by atoms with Crippen LogP contribution >= 0.6 is 0 Å². The molecule has 5 heteroatoms. The largest absolute Gasteiger partial charge is 0.465 e. The van der Waals surface area contributed by atoms with Crippen LogP contribution < -0.4 is 0 Å². The molecule has 0 spiro atoms. The number of Topliss-reactive ketones (excluding diaryl/α,β-unsaturated/α-hetero) is 1. The van der Waals surface area contributed by atoms with Crippen LogP contribution in [0.25, 0.3) is 0 Å². The van der Waals surface area contributed by atoms with Gasteiger partial charge in [0.1, 0.15) is 0 Å². The fourth-order valence-corrected chi connectivity index (χ4v) is 3.00. The van der Waals surface area contributed by atoms with Gasteiger partial charge in [0.05, 0.1) is 24.2 Å². The molecule has 1 heterocycles. The Hall–Kier alpha value is -1.20. The number of hydrogen-bond donors (Lipinski definition) is 0. The molecule has 0 bridgehead atoms. The van der Waals surface area contributed by atoms with Gasteiger partial charge in [0.2, 0.25) is 0 Å². The standard InChI is InChI=1S/C21H36O5/c1-13(16(4)22)10-11-17-15(3)18(26-21(8,9)25-17)14(2)12-24-19(23)20(5,6)7/h10,14-15,17-18H,11-12H2,1-9H3/b13-10-/t14-,15+,17-,18-/m1/s1. The summed E-state index contributed by atoms with van der Waals surface area (Å²) in [5, 5.41) is 0. The van der Waals surface area contributed by atoms with E-state index in [0.717, 1.165) is 5.57 Å². The van der Waals surface area contributed by atoms with E-state index in [1.807, 2.05) is 54.5 Å². The van der Waals surface area contributed by atoms with Gasteiger partial charge in [0, 0.05) is 11.8 Å². The predicted molar refractivity (Wildman–Crippen MR) is 102 cm³/mol. The van der Waals surface area contributed by atoms with E-state index in [1.165, 1.54) is 0 Å². The topological polar surface area (TPSA) is 61.8 Å². The van der Waals surface area contributed by atoms with Gasteiger partial charge < -0.3 is 14.2 Å². The normalized spacial score (nSPS) is 27.7. The molecule has 0 aromatic rings. The van der Waals surface area contributed by atoms with Crippen molar-refractivity contribution < 1.29 is 23.8 Å². The van der Waals surface area contributed by atoms with Crippen molar-refractivity contribution in [2.24, 2.45) is 17.3 Å². The number of carbonyl (C=O) groups is 2. The van der Waals surface area contributed by atoms with Crippen LogP contribution in [0.4, 0.5) is 0 Å². The lowest BCUT2D eigenvalue weighted by molar-refractivity contribution is -0.327. The zero-order chi connectivity index (χ0) is 20.3. The molecule has 26 heavy (non-hydrogen) atoms. The Morgan fingerprint density at radius 3 is 2.27 bits per heavy atom. The van der Waals surface area contributed by atoms with Gasteiger partial charge in [0.15, 0.2) is 11.6 Å². The molecule has 1 rings (SSSR count). The molecule has 0 saturated carbocycles. The van der Waals surface area contributed by atoms with Crippen LogP contribution in [-0.4, -0.2) is 36.4 Å². The lowest BCUT2D eigenvalue weighted by atomic mass is 9.86. The average Bonchev–Trinajstić information content (AvgIpc) is 2.50. The van der Waals surface area contributed by atoms with Gasteiger partial charge in [-0.3, -0.25) is 9.59 Å². The molecule has 5 nitrogen and oxygen atoms in total. The summed E-state index contributed by atoms with van der Waals surface area (Å²) in [5.74, 6) is -0.702. The molecule has 0 N–H and O–H groups in total. The Balaban J connectivity index is 2.81. The number of allylic oxidation sites excluding steroid dienone is 1. The van der Waals surface area contributed by atoms with E-state index in [2.05, 4.69) is 6.92 Å². The maximum absolute atomic E-state index is 12.0. The van der Waals surface area contributed by atoms with E-state index in [4.69, 9.17) is 14.2 Å². The summed E-state index contributed by atoms with van der Waals surface area (Å²) in [4.78, 5) is 23.5. The van der Waals surface area contributed by atoms with Gasteiger partial charge >= 0.3 is 5.97 Å². The molecule has 0 aliphatic carbocycles. The molecular formula is C21H36O5. The van der Waals surface area contributed by atoms with Crippen LogP contribution in [0.15, 0.2) is 11.6 Å². The Morgan fingerprint density at radius 1 is 1.19 bits per heavy atom. The molecule has 0 aromatic heterocycles. The quantitative estimate of drug-likeness (QED) is 0.517. The molecule has 0 aromatic carbocycles. The fourth-order valence-electron chi connectivity index (χ4n) is 3.00. The molecule has 1 aliphatic heterocycles. The van der Waals surface area contributed by atoms with Crippen LogP contribution in [0.2, 0.25) is 0 Å². The van der Waals surface area contributed by atoms with E-state index in [-0.39, 0.29) is 35.8 Å². The first-order valence-electron chi connectivity index (χ1n) is 9.45. The molecule has 1 saturated heterocycles. The highest BCUT2D eigenvalue weighted by molar-refractivity contribution is 5.92. The van der Waals surface area contributed by atoms with Crippen LogP contribution in [0.5, 0.6) is 0 Å². The zero-order valence-electron chi connectivity index (χ0n) is 17.8. The van der Waals surface area contributed by atoms with Crippen LogP contribution in [-0.2, 0) is 23.8 Å². The molecule has 1 fully saturated rings. The molecule has 0 amide bonds. The van der Waals surface area contributed by atoms with Crippen molar-refractivity contribution in [3.8, 4) is 0 Å². The summed E-state index contributed by atoms with van der Waals surface area (Å²) >= 11 is 0. The first-order chi connectivity index (χ1) is 11.7. The highest BCUT2D eigenvalue weighted by atomic mass is 16.7. The summed E-state index contributed by atoms with van der Waals surface area (Å²) in [6.07, 6.45) is 2.44. The van der Waals surface area contributed by atoms with Crippen molar-refractivity contribution in [1.82, 2.24) is 0 Å². The van der Waals surface area contributed by atoms with Crippen LogP contribution in [0, 0.1) is 17.3 Å². The molecule has 0 unspecified atom stereocenters. The molecule has 4 atom stereocenters. The van der Waals surface area contributed by atoms with Gasteiger partial charge in [-0.25, -0.2) is 0 Å². The third-order valence-electron chi connectivity index (χ3n) is 4.82.